The van der Waals surface area contributed by atoms with Gasteiger partial charge in [-0.2, -0.15) is 5.10 Å². The second kappa shape index (κ2) is 5.48. The highest BCUT2D eigenvalue weighted by Gasteiger charge is 2.33. The minimum Gasteiger partial charge on any atom is -0.258 e. The first-order valence-electron chi connectivity index (χ1n) is 6.67. The zero-order valence-electron chi connectivity index (χ0n) is 12.6. The van der Waals surface area contributed by atoms with Crippen LogP contribution in [0.25, 0.3) is 0 Å². The number of aromatic nitrogens is 2. The van der Waals surface area contributed by atoms with E-state index in [2.05, 4.69) is 5.10 Å². The van der Waals surface area contributed by atoms with Crippen molar-refractivity contribution in [3.8, 4) is 0 Å². The van der Waals surface area contributed by atoms with Crippen LogP contribution in [0.15, 0.2) is 24.3 Å². The van der Waals surface area contributed by atoms with E-state index >= 15 is 0 Å². The van der Waals surface area contributed by atoms with E-state index in [1.807, 2.05) is 52.0 Å². The van der Waals surface area contributed by atoms with Crippen molar-refractivity contribution in [2.24, 2.45) is 0 Å². The molecule has 0 N–H and O–H groups in total. The van der Waals surface area contributed by atoms with Crippen LogP contribution in [0.3, 0.4) is 0 Å². The summed E-state index contributed by atoms with van der Waals surface area (Å²) in [5.74, 6) is 0. The van der Waals surface area contributed by atoms with Gasteiger partial charge in [0.15, 0.2) is 0 Å². The van der Waals surface area contributed by atoms with E-state index in [1.165, 1.54) is 4.68 Å². The first-order chi connectivity index (χ1) is 9.71. The van der Waals surface area contributed by atoms with Crippen LogP contribution in [-0.2, 0) is 12.0 Å². The van der Waals surface area contributed by atoms with Crippen molar-refractivity contribution in [1.82, 2.24) is 9.78 Å². The predicted molar refractivity (Wildman–Crippen MR) is 82.9 cm³/mol. The molecule has 0 unspecified atom stereocenters. The lowest BCUT2D eigenvalue weighted by Gasteiger charge is -2.13. The lowest BCUT2D eigenvalue weighted by molar-refractivity contribution is -0.385. The highest BCUT2D eigenvalue weighted by Crippen LogP contribution is 2.36. The number of rotatable bonds is 3. The van der Waals surface area contributed by atoms with Gasteiger partial charge in [0.05, 0.1) is 11.5 Å². The van der Waals surface area contributed by atoms with Crippen LogP contribution in [0.5, 0.6) is 0 Å². The summed E-state index contributed by atoms with van der Waals surface area (Å²) in [6.45, 7) is 8.07. The average Bonchev–Trinajstić information content (AvgIpc) is 2.70. The van der Waals surface area contributed by atoms with Crippen molar-refractivity contribution >= 4 is 17.3 Å². The lowest BCUT2D eigenvalue weighted by Crippen LogP contribution is -2.15. The molecule has 6 heteroatoms. The second-order valence-electron chi connectivity index (χ2n) is 6.08. The molecule has 0 bridgehead atoms. The summed E-state index contributed by atoms with van der Waals surface area (Å²) in [7, 11) is 0. The lowest BCUT2D eigenvalue weighted by atomic mass is 9.91. The van der Waals surface area contributed by atoms with Crippen molar-refractivity contribution in [2.75, 3.05) is 0 Å². The van der Waals surface area contributed by atoms with E-state index in [1.54, 1.807) is 0 Å². The van der Waals surface area contributed by atoms with Gasteiger partial charge in [0.25, 0.3) is 0 Å². The molecular formula is C15H18ClN3O2. The summed E-state index contributed by atoms with van der Waals surface area (Å²) in [4.78, 5) is 10.8. The number of nitrogens with zero attached hydrogens (tertiary/aromatic N) is 3. The van der Waals surface area contributed by atoms with Gasteiger partial charge in [-0.25, -0.2) is 4.68 Å². The van der Waals surface area contributed by atoms with Crippen LogP contribution < -0.4 is 0 Å². The molecule has 2 rings (SSSR count). The van der Waals surface area contributed by atoms with Gasteiger partial charge in [-0.3, -0.25) is 10.1 Å². The van der Waals surface area contributed by atoms with Crippen molar-refractivity contribution in [1.29, 1.82) is 0 Å². The van der Waals surface area contributed by atoms with E-state index in [0.717, 1.165) is 11.1 Å². The summed E-state index contributed by atoms with van der Waals surface area (Å²) in [5.41, 5.74) is 2.01. The molecule has 0 amide bonds. The van der Waals surface area contributed by atoms with Gasteiger partial charge in [0.1, 0.15) is 5.69 Å². The van der Waals surface area contributed by atoms with Gasteiger partial charge < -0.3 is 0 Å². The number of aryl methyl sites for hydroxylation is 1. The maximum absolute atomic E-state index is 11.3. The maximum Gasteiger partial charge on any atom is 0.329 e. The van der Waals surface area contributed by atoms with Gasteiger partial charge in [-0.1, -0.05) is 56.6 Å². The van der Waals surface area contributed by atoms with Gasteiger partial charge in [0, 0.05) is 5.41 Å². The minimum atomic E-state index is -0.454. The SMILES string of the molecule is Cc1ccccc1Cn1nc(C(C)(C)C)c([N+](=O)[O-])c1Cl. The van der Waals surface area contributed by atoms with Crippen LogP contribution in [0, 0.1) is 17.0 Å². The maximum atomic E-state index is 11.3. The molecule has 21 heavy (non-hydrogen) atoms. The Labute approximate surface area is 128 Å². The van der Waals surface area contributed by atoms with E-state index in [9.17, 15) is 10.1 Å². The Hall–Kier alpha value is -1.88. The van der Waals surface area contributed by atoms with Crippen LogP contribution in [0.1, 0.15) is 37.6 Å². The molecule has 0 aliphatic carbocycles. The fourth-order valence-corrected chi connectivity index (χ4v) is 2.41. The average molecular weight is 308 g/mol. The Morgan fingerprint density at radius 2 is 1.95 bits per heavy atom. The standard InChI is InChI=1S/C15H18ClN3O2/c1-10-7-5-6-8-11(10)9-18-14(16)12(19(20)21)13(17-18)15(2,3)4/h5-8H,9H2,1-4H3. The fourth-order valence-electron chi connectivity index (χ4n) is 2.15. The van der Waals surface area contributed by atoms with Crippen LogP contribution in [0.2, 0.25) is 5.15 Å². The molecule has 1 aromatic carbocycles. The van der Waals surface area contributed by atoms with Gasteiger partial charge >= 0.3 is 5.69 Å². The summed E-state index contributed by atoms with van der Waals surface area (Å²) in [5, 5.41) is 15.7. The monoisotopic (exact) mass is 307 g/mol. The number of halogens is 1. The third kappa shape index (κ3) is 3.08. The third-order valence-electron chi connectivity index (χ3n) is 3.34. The minimum absolute atomic E-state index is 0.0770. The number of benzene rings is 1. The number of hydrogen-bond acceptors (Lipinski definition) is 3. The van der Waals surface area contributed by atoms with E-state index in [4.69, 9.17) is 11.6 Å². The summed E-state index contributed by atoms with van der Waals surface area (Å²) < 4.78 is 1.50. The molecule has 1 aromatic heterocycles. The van der Waals surface area contributed by atoms with Crippen molar-refractivity contribution in [3.05, 3.63) is 56.4 Å². The first-order valence-corrected chi connectivity index (χ1v) is 7.05. The molecule has 1 heterocycles. The molecule has 0 aliphatic heterocycles. The smallest absolute Gasteiger partial charge is 0.258 e. The Kier molecular flexibility index (Phi) is 4.05. The molecule has 0 aliphatic rings. The molecule has 0 fully saturated rings. The third-order valence-corrected chi connectivity index (χ3v) is 3.72. The number of nitro groups is 1. The largest absolute Gasteiger partial charge is 0.329 e. The first kappa shape index (κ1) is 15.5. The molecule has 0 radical (unpaired) electrons. The molecule has 0 spiro atoms. The molecule has 112 valence electrons. The molecule has 5 nitrogen and oxygen atoms in total. The second-order valence-corrected chi connectivity index (χ2v) is 6.44. The highest BCUT2D eigenvalue weighted by molar-refractivity contribution is 6.31. The summed E-state index contributed by atoms with van der Waals surface area (Å²) >= 11 is 6.19. The molecule has 0 saturated heterocycles. The van der Waals surface area contributed by atoms with Crippen LogP contribution in [0.4, 0.5) is 5.69 Å². The molecular weight excluding hydrogens is 290 g/mol. The Bertz CT molecular complexity index is 687. The topological polar surface area (TPSA) is 61.0 Å². The van der Waals surface area contributed by atoms with Gasteiger partial charge in [-0.15, -0.1) is 0 Å². The number of hydrogen-bond donors (Lipinski definition) is 0. The van der Waals surface area contributed by atoms with Crippen LogP contribution >= 0.6 is 11.6 Å². The molecule has 2 aromatic rings. The fraction of sp³-hybridized carbons (Fsp3) is 0.400. The van der Waals surface area contributed by atoms with Crippen molar-refractivity contribution < 1.29 is 4.92 Å². The van der Waals surface area contributed by atoms with Gasteiger partial charge in [-0.05, 0) is 18.1 Å². The Morgan fingerprint density at radius 1 is 1.33 bits per heavy atom. The zero-order chi connectivity index (χ0) is 15.8. The van der Waals surface area contributed by atoms with Gasteiger partial charge in [0.2, 0.25) is 5.15 Å². The van der Waals surface area contributed by atoms with E-state index in [0.29, 0.717) is 12.2 Å². The Balaban J connectivity index is 2.51. The summed E-state index contributed by atoms with van der Waals surface area (Å²) in [6, 6.07) is 7.84. The summed E-state index contributed by atoms with van der Waals surface area (Å²) in [6.07, 6.45) is 0. The predicted octanol–water partition coefficient (Wildman–Crippen LogP) is 4.10. The quantitative estimate of drug-likeness (QED) is 0.633. The van der Waals surface area contributed by atoms with E-state index in [-0.39, 0.29) is 10.8 Å². The zero-order valence-corrected chi connectivity index (χ0v) is 13.3. The van der Waals surface area contributed by atoms with E-state index < -0.39 is 10.3 Å². The van der Waals surface area contributed by atoms with Crippen molar-refractivity contribution in [2.45, 2.75) is 39.7 Å². The molecule has 0 saturated carbocycles. The Morgan fingerprint density at radius 3 is 2.43 bits per heavy atom. The molecule has 0 atom stereocenters. The highest BCUT2D eigenvalue weighted by atomic mass is 35.5. The van der Waals surface area contributed by atoms with Crippen molar-refractivity contribution in [3.63, 3.8) is 0 Å². The normalized spacial score (nSPS) is 11.7. The van der Waals surface area contributed by atoms with Crippen LogP contribution in [-0.4, -0.2) is 14.7 Å².